The summed E-state index contributed by atoms with van der Waals surface area (Å²) in [6, 6.07) is 18.8. The Hall–Kier alpha value is -2.64. The van der Waals surface area contributed by atoms with Gasteiger partial charge in [-0.25, -0.2) is 12.8 Å². The van der Waals surface area contributed by atoms with Gasteiger partial charge in [0.1, 0.15) is 5.82 Å². The minimum Gasteiger partial charge on any atom is -0.378 e. The summed E-state index contributed by atoms with van der Waals surface area (Å²) in [4.78, 5) is 0.232. The third kappa shape index (κ3) is 3.88. The van der Waals surface area contributed by atoms with E-state index in [1.54, 1.807) is 36.4 Å². The van der Waals surface area contributed by atoms with E-state index in [1.165, 1.54) is 12.1 Å². The van der Waals surface area contributed by atoms with Crippen molar-refractivity contribution in [2.45, 2.75) is 23.3 Å². The number of hydrogen-bond acceptors (Lipinski definition) is 3. The second-order valence-corrected chi connectivity index (χ2v) is 10.5. The largest absolute Gasteiger partial charge is 0.378 e. The minimum absolute atomic E-state index is 0.0384. The van der Waals surface area contributed by atoms with E-state index in [2.05, 4.69) is 38.1 Å². The molecule has 7 heteroatoms. The molecule has 0 spiro atoms. The monoisotopic (exact) mass is 498 g/mol. The van der Waals surface area contributed by atoms with Crippen LogP contribution in [0.25, 0.3) is 0 Å². The molecule has 1 heterocycles. The summed E-state index contributed by atoms with van der Waals surface area (Å²) < 4.78 is 42.9. The molecule has 0 saturated carbocycles. The van der Waals surface area contributed by atoms with Crippen molar-refractivity contribution in [3.8, 4) is 0 Å². The first-order chi connectivity index (χ1) is 14.9. The maximum Gasteiger partial charge on any atom is 0.261 e. The number of allylic oxidation sites excluding steroid dienone is 2. The number of nitrogens with one attached hydrogen (secondary N) is 2. The zero-order valence-electron chi connectivity index (χ0n) is 16.4. The lowest BCUT2D eigenvalue weighted by Crippen LogP contribution is -2.29. The number of halogens is 2. The van der Waals surface area contributed by atoms with Gasteiger partial charge in [0.25, 0.3) is 10.0 Å². The lowest BCUT2D eigenvalue weighted by atomic mass is 9.77. The summed E-state index contributed by atoms with van der Waals surface area (Å²) >= 11 is 3.35. The highest BCUT2D eigenvalue weighted by atomic mass is 79.9. The van der Waals surface area contributed by atoms with Gasteiger partial charge in [-0.2, -0.15) is 0 Å². The molecule has 3 aromatic carbocycles. The topological polar surface area (TPSA) is 58.2 Å². The van der Waals surface area contributed by atoms with E-state index in [0.29, 0.717) is 5.69 Å². The van der Waals surface area contributed by atoms with Crippen molar-refractivity contribution in [1.82, 2.24) is 0 Å². The average molecular weight is 499 g/mol. The smallest absolute Gasteiger partial charge is 0.261 e. The fourth-order valence-electron chi connectivity index (χ4n) is 4.47. The Morgan fingerprint density at radius 3 is 2.48 bits per heavy atom. The van der Waals surface area contributed by atoms with E-state index in [0.717, 1.165) is 27.7 Å². The van der Waals surface area contributed by atoms with Gasteiger partial charge >= 0.3 is 0 Å². The third-order valence-electron chi connectivity index (χ3n) is 5.97. The van der Waals surface area contributed by atoms with Crippen molar-refractivity contribution >= 4 is 37.3 Å². The molecule has 1 aliphatic heterocycles. The third-order valence-corrected chi connectivity index (χ3v) is 7.88. The second-order valence-electron chi connectivity index (χ2n) is 7.89. The molecular formula is C24H20BrFN2O2S. The van der Waals surface area contributed by atoms with E-state index in [1.807, 2.05) is 18.2 Å². The standard InChI is InChI=1S/C24H20BrFN2O2S/c25-16-6-10-18(11-7-16)28-31(29,30)19-12-13-23-22(14-19)20-2-1-3-21(20)24(27-23)15-4-8-17(26)9-5-15/h1-2,4-14,20-21,24,27-28H,3H2/t20-,21+,24+/m0/s1. The van der Waals surface area contributed by atoms with Crippen LogP contribution < -0.4 is 10.0 Å². The van der Waals surface area contributed by atoms with Crippen molar-refractivity contribution in [2.24, 2.45) is 5.92 Å². The van der Waals surface area contributed by atoms with Crippen molar-refractivity contribution in [3.63, 3.8) is 0 Å². The zero-order valence-corrected chi connectivity index (χ0v) is 18.8. The molecule has 3 atom stereocenters. The van der Waals surface area contributed by atoms with Crippen molar-refractivity contribution in [2.75, 3.05) is 10.0 Å². The molecule has 31 heavy (non-hydrogen) atoms. The normalized spacial score (nSPS) is 21.8. The molecule has 0 unspecified atom stereocenters. The highest BCUT2D eigenvalue weighted by molar-refractivity contribution is 9.10. The Kier molecular flexibility index (Phi) is 5.10. The molecule has 2 N–H and O–H groups in total. The van der Waals surface area contributed by atoms with Gasteiger partial charge in [-0.1, -0.05) is 40.2 Å². The fraction of sp³-hybridized carbons (Fsp3) is 0.167. The number of rotatable bonds is 4. The van der Waals surface area contributed by atoms with Gasteiger partial charge in [0.05, 0.1) is 10.9 Å². The van der Waals surface area contributed by atoms with Gasteiger partial charge in [-0.15, -0.1) is 0 Å². The molecule has 0 fully saturated rings. The molecule has 0 saturated heterocycles. The van der Waals surface area contributed by atoms with E-state index in [-0.39, 0.29) is 28.6 Å². The molecule has 0 aromatic heterocycles. The van der Waals surface area contributed by atoms with Crippen LogP contribution in [-0.2, 0) is 10.0 Å². The summed E-state index contributed by atoms with van der Waals surface area (Å²) in [7, 11) is -3.72. The molecule has 158 valence electrons. The molecule has 0 radical (unpaired) electrons. The van der Waals surface area contributed by atoms with E-state index < -0.39 is 10.0 Å². The van der Waals surface area contributed by atoms with Crippen LogP contribution in [-0.4, -0.2) is 8.42 Å². The molecule has 4 nitrogen and oxygen atoms in total. The predicted octanol–water partition coefficient (Wildman–Crippen LogP) is 6.22. The first-order valence-electron chi connectivity index (χ1n) is 10.0. The van der Waals surface area contributed by atoms with Gasteiger partial charge in [0, 0.05) is 21.8 Å². The molecule has 0 bridgehead atoms. The van der Waals surface area contributed by atoms with Crippen molar-refractivity contribution in [3.05, 3.63) is 100 Å². The summed E-state index contributed by atoms with van der Waals surface area (Å²) in [5, 5.41) is 3.56. The van der Waals surface area contributed by atoms with Gasteiger partial charge in [0.15, 0.2) is 0 Å². The summed E-state index contributed by atoms with van der Waals surface area (Å²) in [5.74, 6) is 0.0960. The second kappa shape index (κ2) is 7.80. The van der Waals surface area contributed by atoms with Crippen molar-refractivity contribution in [1.29, 1.82) is 0 Å². The Morgan fingerprint density at radius 1 is 1.00 bits per heavy atom. The van der Waals surface area contributed by atoms with Crippen LogP contribution in [0.2, 0.25) is 0 Å². The molecule has 2 aliphatic rings. The lowest BCUT2D eigenvalue weighted by molar-refractivity contribution is 0.424. The average Bonchev–Trinajstić information content (AvgIpc) is 3.25. The molecule has 1 aliphatic carbocycles. The maximum atomic E-state index is 13.4. The van der Waals surface area contributed by atoms with Crippen LogP contribution in [0.4, 0.5) is 15.8 Å². The van der Waals surface area contributed by atoms with E-state index in [4.69, 9.17) is 0 Å². The molecule has 0 amide bonds. The highest BCUT2D eigenvalue weighted by Crippen LogP contribution is 2.50. The van der Waals surface area contributed by atoms with Crippen LogP contribution in [0, 0.1) is 11.7 Å². The molecule has 3 aromatic rings. The van der Waals surface area contributed by atoms with Gasteiger partial charge < -0.3 is 5.32 Å². The Bertz CT molecular complexity index is 1260. The quantitative estimate of drug-likeness (QED) is 0.420. The maximum absolute atomic E-state index is 13.4. The van der Waals surface area contributed by atoms with Gasteiger partial charge in [0.2, 0.25) is 0 Å². The number of hydrogen-bond donors (Lipinski definition) is 2. The van der Waals surface area contributed by atoms with Gasteiger partial charge in [-0.05, 0) is 78.1 Å². The van der Waals surface area contributed by atoms with Crippen LogP contribution in [0.1, 0.15) is 29.5 Å². The summed E-state index contributed by atoms with van der Waals surface area (Å²) in [5.41, 5.74) is 3.41. The van der Waals surface area contributed by atoms with E-state index >= 15 is 0 Å². The lowest BCUT2D eigenvalue weighted by Gasteiger charge is -2.37. The van der Waals surface area contributed by atoms with Crippen LogP contribution in [0.3, 0.4) is 0 Å². The van der Waals surface area contributed by atoms with Crippen molar-refractivity contribution < 1.29 is 12.8 Å². The predicted molar refractivity (Wildman–Crippen MR) is 124 cm³/mol. The van der Waals surface area contributed by atoms with Crippen LogP contribution in [0.15, 0.2) is 88.3 Å². The fourth-order valence-corrected chi connectivity index (χ4v) is 5.83. The first kappa shape index (κ1) is 20.3. The zero-order chi connectivity index (χ0) is 21.6. The Morgan fingerprint density at radius 2 is 1.74 bits per heavy atom. The highest BCUT2D eigenvalue weighted by Gasteiger charge is 2.38. The molecular weight excluding hydrogens is 479 g/mol. The SMILES string of the molecule is O=S(=O)(Nc1ccc(Br)cc1)c1ccc2c(c1)[C@H]1C=CC[C@H]1[C@@H](c1ccc(F)cc1)N2. The molecule has 5 rings (SSSR count). The summed E-state index contributed by atoms with van der Waals surface area (Å²) in [6.07, 6.45) is 5.18. The van der Waals surface area contributed by atoms with Crippen LogP contribution >= 0.6 is 15.9 Å². The number of benzene rings is 3. The Balaban J connectivity index is 1.48. The summed E-state index contributed by atoms with van der Waals surface area (Å²) in [6.45, 7) is 0. The van der Waals surface area contributed by atoms with E-state index in [9.17, 15) is 12.8 Å². The first-order valence-corrected chi connectivity index (χ1v) is 12.3. The number of fused-ring (bicyclic) bond motifs is 3. The Labute approximate surface area is 189 Å². The number of anilines is 2. The number of sulfonamides is 1. The van der Waals surface area contributed by atoms with Crippen LogP contribution in [0.5, 0.6) is 0 Å². The minimum atomic E-state index is -3.72. The van der Waals surface area contributed by atoms with Gasteiger partial charge in [-0.3, -0.25) is 4.72 Å².